The Bertz CT molecular complexity index is 1390. The first-order chi connectivity index (χ1) is 18.8. The fourth-order valence-electron chi connectivity index (χ4n) is 3.84. The first-order valence-electron chi connectivity index (χ1n) is 11.8. The van der Waals surface area contributed by atoms with Gasteiger partial charge in [-0.2, -0.15) is 0 Å². The SMILES string of the molecule is COc1cc(Cc2ccc(NC(=O)Nc3cccc(Cl)c3)c(OC)c2)ccc1NC(=O)Nc1cccc(Cl)c1. The predicted octanol–water partition coefficient (Wildman–Crippen LogP) is 7.89. The van der Waals surface area contributed by atoms with Gasteiger partial charge < -0.3 is 30.7 Å². The molecule has 0 radical (unpaired) electrons. The van der Waals surface area contributed by atoms with Crippen molar-refractivity contribution >= 4 is 58.0 Å². The van der Waals surface area contributed by atoms with Gasteiger partial charge in [-0.3, -0.25) is 0 Å². The Morgan fingerprint density at radius 2 is 1.05 bits per heavy atom. The van der Waals surface area contributed by atoms with Gasteiger partial charge >= 0.3 is 12.1 Å². The molecule has 4 aromatic rings. The van der Waals surface area contributed by atoms with E-state index in [0.29, 0.717) is 50.7 Å². The van der Waals surface area contributed by atoms with Crippen LogP contribution < -0.4 is 30.7 Å². The number of carbonyl (C=O) groups excluding carboxylic acids is 2. The number of hydrogen-bond donors (Lipinski definition) is 4. The van der Waals surface area contributed by atoms with Gasteiger partial charge in [-0.15, -0.1) is 0 Å². The Hall–Kier alpha value is -4.40. The van der Waals surface area contributed by atoms with Gasteiger partial charge in [-0.25, -0.2) is 9.59 Å². The van der Waals surface area contributed by atoms with Crippen LogP contribution in [0.1, 0.15) is 11.1 Å². The second kappa shape index (κ2) is 12.9. The van der Waals surface area contributed by atoms with Crippen molar-refractivity contribution in [1.82, 2.24) is 0 Å². The Morgan fingerprint density at radius 1 is 0.615 bits per heavy atom. The number of carbonyl (C=O) groups is 2. The minimum Gasteiger partial charge on any atom is -0.495 e. The molecular weight excluding hydrogens is 539 g/mol. The van der Waals surface area contributed by atoms with Gasteiger partial charge in [0.25, 0.3) is 0 Å². The molecule has 0 bridgehead atoms. The summed E-state index contributed by atoms with van der Waals surface area (Å²) in [5.41, 5.74) is 4.09. The van der Waals surface area contributed by atoms with E-state index in [9.17, 15) is 9.59 Å². The molecule has 0 saturated heterocycles. The number of methoxy groups -OCH3 is 2. The molecule has 200 valence electrons. The van der Waals surface area contributed by atoms with Crippen LogP contribution in [0.15, 0.2) is 84.9 Å². The normalized spacial score (nSPS) is 10.4. The van der Waals surface area contributed by atoms with E-state index in [0.717, 1.165) is 11.1 Å². The zero-order valence-corrected chi connectivity index (χ0v) is 22.7. The molecule has 39 heavy (non-hydrogen) atoms. The minimum atomic E-state index is -0.421. The lowest BCUT2D eigenvalue weighted by Crippen LogP contribution is -2.20. The van der Waals surface area contributed by atoms with Crippen molar-refractivity contribution < 1.29 is 19.1 Å². The monoisotopic (exact) mass is 564 g/mol. The Labute approximate surface area is 236 Å². The van der Waals surface area contributed by atoms with Crippen LogP contribution >= 0.6 is 23.2 Å². The van der Waals surface area contributed by atoms with Crippen molar-refractivity contribution in [2.24, 2.45) is 0 Å². The third-order valence-corrected chi connectivity index (χ3v) is 6.07. The van der Waals surface area contributed by atoms with Gasteiger partial charge in [0.05, 0.1) is 25.6 Å². The lowest BCUT2D eigenvalue weighted by atomic mass is 10.0. The van der Waals surface area contributed by atoms with Gasteiger partial charge in [-0.1, -0.05) is 47.5 Å². The van der Waals surface area contributed by atoms with Crippen LogP contribution in [0.2, 0.25) is 10.0 Å². The first-order valence-corrected chi connectivity index (χ1v) is 12.6. The summed E-state index contributed by atoms with van der Waals surface area (Å²) in [6.45, 7) is 0. The molecule has 0 saturated carbocycles. The van der Waals surface area contributed by atoms with Gasteiger partial charge in [0.15, 0.2) is 0 Å². The maximum atomic E-state index is 12.5. The van der Waals surface area contributed by atoms with E-state index in [2.05, 4.69) is 21.3 Å². The molecule has 0 aliphatic carbocycles. The standard InChI is InChI=1S/C29H26Cl2N4O4/c1-38-26-14-18(9-11-24(26)34-28(36)32-22-7-3-5-20(30)16-22)13-19-10-12-25(27(15-19)39-2)35-29(37)33-23-8-4-6-21(31)17-23/h3-12,14-17H,13H2,1-2H3,(H2,32,34,36)(H2,33,35,37). The highest BCUT2D eigenvalue weighted by molar-refractivity contribution is 6.31. The van der Waals surface area contributed by atoms with E-state index in [1.807, 2.05) is 24.3 Å². The number of hydrogen-bond acceptors (Lipinski definition) is 4. The lowest BCUT2D eigenvalue weighted by Gasteiger charge is -2.14. The third-order valence-electron chi connectivity index (χ3n) is 5.60. The topological polar surface area (TPSA) is 101 Å². The Kier molecular flexibility index (Phi) is 9.14. The van der Waals surface area contributed by atoms with Crippen molar-refractivity contribution in [2.45, 2.75) is 6.42 Å². The first kappa shape index (κ1) is 27.6. The largest absolute Gasteiger partial charge is 0.495 e. The average molecular weight is 565 g/mol. The summed E-state index contributed by atoms with van der Waals surface area (Å²) in [6, 6.07) is 24.0. The lowest BCUT2D eigenvalue weighted by molar-refractivity contribution is 0.261. The fraction of sp³-hybridized carbons (Fsp3) is 0.103. The second-order valence-corrected chi connectivity index (χ2v) is 9.30. The highest BCUT2D eigenvalue weighted by Crippen LogP contribution is 2.30. The van der Waals surface area contributed by atoms with E-state index >= 15 is 0 Å². The number of anilines is 4. The van der Waals surface area contributed by atoms with E-state index in [4.69, 9.17) is 32.7 Å². The zero-order valence-electron chi connectivity index (χ0n) is 21.2. The molecule has 0 heterocycles. The summed E-state index contributed by atoms with van der Waals surface area (Å²) in [7, 11) is 3.08. The molecule has 0 fully saturated rings. The van der Waals surface area contributed by atoms with Crippen LogP contribution in [0.5, 0.6) is 11.5 Å². The van der Waals surface area contributed by atoms with Crippen molar-refractivity contribution in [3.05, 3.63) is 106 Å². The molecule has 4 rings (SSSR count). The number of urea groups is 2. The molecule has 0 spiro atoms. The van der Waals surface area contributed by atoms with Gasteiger partial charge in [0.2, 0.25) is 0 Å². The molecule has 4 N–H and O–H groups in total. The van der Waals surface area contributed by atoms with E-state index in [1.165, 1.54) is 14.2 Å². The molecule has 10 heteroatoms. The summed E-state index contributed by atoms with van der Waals surface area (Å²) in [5.74, 6) is 1.02. The maximum absolute atomic E-state index is 12.5. The second-order valence-electron chi connectivity index (χ2n) is 8.42. The fourth-order valence-corrected chi connectivity index (χ4v) is 4.22. The molecule has 0 aromatic heterocycles. The van der Waals surface area contributed by atoms with Crippen LogP contribution in [0.4, 0.5) is 32.3 Å². The Balaban J connectivity index is 1.41. The minimum absolute atomic E-state index is 0.421. The summed E-state index contributed by atoms with van der Waals surface area (Å²) >= 11 is 12.0. The summed E-state index contributed by atoms with van der Waals surface area (Å²) < 4.78 is 11.0. The van der Waals surface area contributed by atoms with Crippen molar-refractivity contribution in [1.29, 1.82) is 0 Å². The Morgan fingerprint density at radius 3 is 1.44 bits per heavy atom. The van der Waals surface area contributed by atoms with E-state index in [1.54, 1.807) is 60.7 Å². The molecule has 0 aliphatic rings. The van der Waals surface area contributed by atoms with E-state index in [-0.39, 0.29) is 0 Å². The molecule has 0 unspecified atom stereocenters. The zero-order chi connectivity index (χ0) is 27.8. The number of benzene rings is 4. The summed E-state index contributed by atoms with van der Waals surface area (Å²) in [4.78, 5) is 24.9. The maximum Gasteiger partial charge on any atom is 0.323 e. The molecule has 4 amide bonds. The van der Waals surface area contributed by atoms with Gasteiger partial charge in [-0.05, 0) is 78.2 Å². The molecule has 8 nitrogen and oxygen atoms in total. The van der Waals surface area contributed by atoms with Crippen molar-refractivity contribution in [3.8, 4) is 11.5 Å². The number of amides is 4. The van der Waals surface area contributed by atoms with Crippen LogP contribution in [-0.4, -0.2) is 26.3 Å². The summed E-state index contributed by atoms with van der Waals surface area (Å²) in [5, 5.41) is 12.1. The molecule has 0 atom stereocenters. The highest BCUT2D eigenvalue weighted by atomic mass is 35.5. The smallest absolute Gasteiger partial charge is 0.323 e. The van der Waals surface area contributed by atoms with E-state index < -0.39 is 12.1 Å². The molecular formula is C29H26Cl2N4O4. The van der Waals surface area contributed by atoms with Crippen LogP contribution in [0.25, 0.3) is 0 Å². The van der Waals surface area contributed by atoms with Gasteiger partial charge in [0, 0.05) is 21.4 Å². The highest BCUT2D eigenvalue weighted by Gasteiger charge is 2.12. The molecule has 4 aromatic carbocycles. The quantitative estimate of drug-likeness (QED) is 0.175. The number of nitrogens with one attached hydrogen (secondary N) is 4. The van der Waals surface area contributed by atoms with Gasteiger partial charge in [0.1, 0.15) is 11.5 Å². The number of halogens is 2. The molecule has 0 aliphatic heterocycles. The van der Waals surface area contributed by atoms with Crippen molar-refractivity contribution in [3.63, 3.8) is 0 Å². The average Bonchev–Trinajstić information content (AvgIpc) is 2.90. The number of ether oxygens (including phenoxy) is 2. The van der Waals surface area contributed by atoms with Crippen molar-refractivity contribution in [2.75, 3.05) is 35.5 Å². The van der Waals surface area contributed by atoms with Crippen LogP contribution in [0, 0.1) is 0 Å². The predicted molar refractivity (Wildman–Crippen MR) is 157 cm³/mol. The number of rotatable bonds is 8. The van der Waals surface area contributed by atoms with Crippen LogP contribution in [-0.2, 0) is 6.42 Å². The summed E-state index contributed by atoms with van der Waals surface area (Å²) in [6.07, 6.45) is 0.566. The van der Waals surface area contributed by atoms with Crippen LogP contribution in [0.3, 0.4) is 0 Å². The third kappa shape index (κ3) is 7.80.